The van der Waals surface area contributed by atoms with E-state index in [4.69, 9.17) is 0 Å². The summed E-state index contributed by atoms with van der Waals surface area (Å²) in [5.74, 6) is -1.97. The highest BCUT2D eigenvalue weighted by Crippen LogP contribution is 2.66. The van der Waals surface area contributed by atoms with Crippen molar-refractivity contribution in [2.45, 2.75) is 48.4 Å². The van der Waals surface area contributed by atoms with E-state index in [0.717, 1.165) is 11.3 Å². The Bertz CT molecular complexity index is 1380. The molecule has 2 aromatic carbocycles. The highest BCUT2D eigenvalue weighted by atomic mass is 32.2. The molecule has 6 rings (SSSR count). The first-order chi connectivity index (χ1) is 19.2. The molecule has 1 spiro atoms. The van der Waals surface area contributed by atoms with Crippen LogP contribution in [0.5, 0.6) is 0 Å². The molecule has 0 aromatic heterocycles. The van der Waals surface area contributed by atoms with Crippen LogP contribution in [0.2, 0.25) is 0 Å². The Hall–Kier alpha value is -3.36. The SMILES string of the molecule is CC(C)N1CC=C[C@]23S[C@]4(C)C=CCN(c5ccccc5)C(=O)[C@@H]4[C@H]2C(=O)N([C@H](CO)c2ccccc2)C3C1=O. The number of rotatable bonds is 5. The van der Waals surface area contributed by atoms with Gasteiger partial charge in [-0.15, -0.1) is 11.8 Å². The largest absolute Gasteiger partial charge is 0.394 e. The van der Waals surface area contributed by atoms with Gasteiger partial charge >= 0.3 is 0 Å². The van der Waals surface area contributed by atoms with Gasteiger partial charge in [0.25, 0.3) is 0 Å². The van der Waals surface area contributed by atoms with Crippen molar-refractivity contribution in [3.8, 4) is 0 Å². The van der Waals surface area contributed by atoms with Crippen molar-refractivity contribution < 1.29 is 19.5 Å². The number of hydrogen-bond acceptors (Lipinski definition) is 5. The summed E-state index contributed by atoms with van der Waals surface area (Å²) in [6.07, 6.45) is 8.09. The molecule has 4 aliphatic rings. The number of aliphatic hydroxyl groups is 1. The van der Waals surface area contributed by atoms with Crippen molar-refractivity contribution in [2.75, 3.05) is 24.6 Å². The molecular formula is C32H35N3O4S. The summed E-state index contributed by atoms with van der Waals surface area (Å²) in [5.41, 5.74) is 1.54. The standard InChI is InChI=1S/C32H35N3O4S/c1-21(2)33-18-11-17-32-26(29(38)35(27(32)30(33)39)24(20-36)22-12-6-4-7-13-22)25-28(37)34(23-14-8-5-9-15-23)19-10-16-31(25,3)40-32/h4-17,21,24-27,36H,18-20H2,1-3H3/t24-,25+,26+,27?,31-,32+/m1/s1. The number of carbonyl (C=O) groups excluding carboxylic acids is 3. The number of hydrogen-bond donors (Lipinski definition) is 1. The first-order valence-corrected chi connectivity index (χ1v) is 14.8. The smallest absolute Gasteiger partial charge is 0.247 e. The summed E-state index contributed by atoms with van der Waals surface area (Å²) in [7, 11) is 0. The second-order valence-corrected chi connectivity index (χ2v) is 13.3. The van der Waals surface area contributed by atoms with E-state index in [1.807, 2.05) is 99.7 Å². The van der Waals surface area contributed by atoms with Gasteiger partial charge in [0.05, 0.1) is 29.2 Å². The minimum absolute atomic E-state index is 0.0739. The number of carbonyl (C=O) groups is 3. The summed E-state index contributed by atoms with van der Waals surface area (Å²) >= 11 is 1.56. The average molecular weight is 558 g/mol. The van der Waals surface area contributed by atoms with Gasteiger partial charge in [-0.25, -0.2) is 0 Å². The molecular weight excluding hydrogens is 522 g/mol. The topological polar surface area (TPSA) is 81.2 Å². The fraction of sp³-hybridized carbons (Fsp3) is 0.406. The quantitative estimate of drug-likeness (QED) is 0.566. The lowest BCUT2D eigenvalue weighted by atomic mass is 9.74. The van der Waals surface area contributed by atoms with Crippen LogP contribution < -0.4 is 4.90 Å². The van der Waals surface area contributed by atoms with Crippen molar-refractivity contribution in [3.63, 3.8) is 0 Å². The lowest BCUT2D eigenvalue weighted by Gasteiger charge is -2.40. The number of aliphatic hydroxyl groups excluding tert-OH is 1. The van der Waals surface area contributed by atoms with E-state index in [1.54, 1.807) is 26.5 Å². The molecule has 2 saturated heterocycles. The van der Waals surface area contributed by atoms with Gasteiger partial charge in [-0.1, -0.05) is 72.8 Å². The van der Waals surface area contributed by atoms with Crippen LogP contribution in [-0.4, -0.2) is 73.9 Å². The molecule has 0 saturated carbocycles. The van der Waals surface area contributed by atoms with Gasteiger partial charge < -0.3 is 19.8 Å². The fourth-order valence-electron chi connectivity index (χ4n) is 7.15. The summed E-state index contributed by atoms with van der Waals surface area (Å²) in [4.78, 5) is 48.8. The number of amides is 3. The van der Waals surface area contributed by atoms with Crippen LogP contribution >= 0.6 is 11.8 Å². The third-order valence-corrected chi connectivity index (χ3v) is 10.7. The first kappa shape index (κ1) is 26.8. The first-order valence-electron chi connectivity index (χ1n) is 13.9. The van der Waals surface area contributed by atoms with Crippen molar-refractivity contribution in [3.05, 3.63) is 90.5 Å². The van der Waals surface area contributed by atoms with Gasteiger partial charge in [-0.05, 0) is 38.5 Å². The Balaban J connectivity index is 1.53. The third-order valence-electron chi connectivity index (χ3n) is 8.91. The second-order valence-electron chi connectivity index (χ2n) is 11.5. The molecule has 4 heterocycles. The molecule has 7 nitrogen and oxygen atoms in total. The van der Waals surface area contributed by atoms with E-state index in [0.29, 0.717) is 13.1 Å². The fourth-order valence-corrected chi connectivity index (χ4v) is 9.29. The Morgan fingerprint density at radius 1 is 0.875 bits per heavy atom. The van der Waals surface area contributed by atoms with Crippen molar-refractivity contribution in [2.24, 2.45) is 11.8 Å². The zero-order valence-electron chi connectivity index (χ0n) is 23.0. The van der Waals surface area contributed by atoms with Crippen LogP contribution in [0, 0.1) is 11.8 Å². The van der Waals surface area contributed by atoms with Crippen LogP contribution in [0.4, 0.5) is 5.69 Å². The number of anilines is 1. The minimum Gasteiger partial charge on any atom is -0.394 e. The molecule has 3 amide bonds. The van der Waals surface area contributed by atoms with Crippen LogP contribution in [0.25, 0.3) is 0 Å². The molecule has 1 unspecified atom stereocenters. The zero-order valence-corrected chi connectivity index (χ0v) is 23.8. The van der Waals surface area contributed by atoms with E-state index in [9.17, 15) is 19.5 Å². The van der Waals surface area contributed by atoms with Gasteiger partial charge in [0, 0.05) is 29.6 Å². The minimum atomic E-state index is -0.959. The molecule has 0 radical (unpaired) electrons. The normalized spacial score (nSPS) is 32.2. The predicted molar refractivity (Wildman–Crippen MR) is 157 cm³/mol. The molecule has 1 N–H and O–H groups in total. The van der Waals surface area contributed by atoms with Crippen molar-refractivity contribution in [1.29, 1.82) is 0 Å². The maximum absolute atomic E-state index is 14.8. The Morgan fingerprint density at radius 3 is 2.17 bits per heavy atom. The number of para-hydroxylation sites is 1. The van der Waals surface area contributed by atoms with Gasteiger partial charge in [-0.3, -0.25) is 14.4 Å². The maximum Gasteiger partial charge on any atom is 0.247 e. The summed E-state index contributed by atoms with van der Waals surface area (Å²) in [6.45, 7) is 6.48. The molecule has 2 fully saturated rings. The summed E-state index contributed by atoms with van der Waals surface area (Å²) < 4.78 is -1.65. The van der Waals surface area contributed by atoms with Crippen molar-refractivity contribution >= 4 is 35.2 Å². The van der Waals surface area contributed by atoms with E-state index in [-0.39, 0.29) is 30.4 Å². The maximum atomic E-state index is 14.8. The summed E-state index contributed by atoms with van der Waals surface area (Å²) in [5, 5.41) is 10.7. The molecule has 208 valence electrons. The lowest BCUT2D eigenvalue weighted by Crippen LogP contribution is -2.55. The van der Waals surface area contributed by atoms with E-state index >= 15 is 0 Å². The lowest BCUT2D eigenvalue weighted by molar-refractivity contribution is -0.146. The van der Waals surface area contributed by atoms with Gasteiger partial charge in [0.15, 0.2) is 0 Å². The predicted octanol–water partition coefficient (Wildman–Crippen LogP) is 3.82. The van der Waals surface area contributed by atoms with Gasteiger partial charge in [-0.2, -0.15) is 0 Å². The monoisotopic (exact) mass is 557 g/mol. The molecule has 6 atom stereocenters. The Morgan fingerprint density at radius 2 is 1.52 bits per heavy atom. The second kappa shape index (κ2) is 9.93. The number of benzene rings is 2. The van der Waals surface area contributed by atoms with E-state index < -0.39 is 33.4 Å². The number of nitrogens with zero attached hydrogens (tertiary/aromatic N) is 3. The molecule has 4 aliphatic heterocycles. The molecule has 0 aliphatic carbocycles. The van der Waals surface area contributed by atoms with Gasteiger partial charge in [0.2, 0.25) is 17.7 Å². The van der Waals surface area contributed by atoms with Crippen LogP contribution in [0.15, 0.2) is 85.0 Å². The summed E-state index contributed by atoms with van der Waals surface area (Å²) in [6, 6.07) is 17.3. The Labute approximate surface area is 239 Å². The molecule has 8 heteroatoms. The molecule has 0 bridgehead atoms. The van der Waals surface area contributed by atoms with E-state index in [1.165, 1.54) is 0 Å². The highest BCUT2D eigenvalue weighted by Gasteiger charge is 2.74. The number of thioether (sulfide) groups is 1. The van der Waals surface area contributed by atoms with Crippen LogP contribution in [0.3, 0.4) is 0 Å². The third kappa shape index (κ3) is 3.87. The molecule has 2 aromatic rings. The number of fused-ring (bicyclic) bond motifs is 2. The van der Waals surface area contributed by atoms with Crippen molar-refractivity contribution in [1.82, 2.24) is 9.80 Å². The average Bonchev–Trinajstić information content (AvgIpc) is 3.21. The van der Waals surface area contributed by atoms with Crippen LogP contribution in [0.1, 0.15) is 32.4 Å². The van der Waals surface area contributed by atoms with Crippen LogP contribution in [-0.2, 0) is 14.4 Å². The van der Waals surface area contributed by atoms with E-state index in [2.05, 4.69) is 6.08 Å². The highest BCUT2D eigenvalue weighted by molar-refractivity contribution is 8.02. The number of likely N-dealkylation sites (tertiary alicyclic amines) is 1. The zero-order chi connectivity index (χ0) is 28.2. The Kier molecular flexibility index (Phi) is 6.66. The van der Waals surface area contributed by atoms with Gasteiger partial charge in [0.1, 0.15) is 6.04 Å². The molecule has 40 heavy (non-hydrogen) atoms.